The van der Waals surface area contributed by atoms with Crippen LogP contribution in [0.15, 0.2) is 36.7 Å². The quantitative estimate of drug-likeness (QED) is 0.899. The molecule has 3 rings (SSSR count). The predicted molar refractivity (Wildman–Crippen MR) is 67.0 cm³/mol. The van der Waals surface area contributed by atoms with Crippen molar-refractivity contribution in [3.63, 3.8) is 0 Å². The van der Waals surface area contributed by atoms with Gasteiger partial charge in [-0.15, -0.1) is 0 Å². The SMILES string of the molecule is OC(CC1OCCO1)c1cncc2ccccc12. The molecule has 1 aliphatic rings. The minimum Gasteiger partial charge on any atom is -0.388 e. The molecule has 1 atom stereocenters. The molecule has 18 heavy (non-hydrogen) atoms. The van der Waals surface area contributed by atoms with Crippen LogP contribution in [0.2, 0.25) is 0 Å². The summed E-state index contributed by atoms with van der Waals surface area (Å²) in [6.07, 6.45) is 3.02. The molecule has 0 radical (unpaired) electrons. The lowest BCUT2D eigenvalue weighted by molar-refractivity contribution is -0.0706. The van der Waals surface area contributed by atoms with Gasteiger partial charge in [0, 0.05) is 29.8 Å². The zero-order valence-corrected chi connectivity index (χ0v) is 9.95. The Morgan fingerprint density at radius 2 is 2.00 bits per heavy atom. The molecule has 0 aliphatic carbocycles. The average molecular weight is 245 g/mol. The molecule has 1 saturated heterocycles. The molecule has 0 bridgehead atoms. The highest BCUT2D eigenvalue weighted by Gasteiger charge is 2.22. The predicted octanol–water partition coefficient (Wildman–Crippen LogP) is 2.03. The third kappa shape index (κ3) is 2.22. The summed E-state index contributed by atoms with van der Waals surface area (Å²) in [5, 5.41) is 12.3. The largest absolute Gasteiger partial charge is 0.388 e. The number of aliphatic hydroxyl groups is 1. The molecule has 1 unspecified atom stereocenters. The fourth-order valence-electron chi connectivity index (χ4n) is 2.26. The summed E-state index contributed by atoms with van der Waals surface area (Å²) >= 11 is 0. The molecule has 4 nitrogen and oxygen atoms in total. The van der Waals surface area contributed by atoms with Crippen molar-refractivity contribution >= 4 is 10.8 Å². The van der Waals surface area contributed by atoms with E-state index >= 15 is 0 Å². The van der Waals surface area contributed by atoms with Crippen LogP contribution in [0.1, 0.15) is 18.1 Å². The van der Waals surface area contributed by atoms with Crippen LogP contribution in [0.4, 0.5) is 0 Å². The standard InChI is InChI=1S/C14H15NO3/c16-13(7-14-17-5-6-18-14)12-9-15-8-10-3-1-2-4-11(10)12/h1-4,8-9,13-14,16H,5-7H2. The molecule has 1 aromatic carbocycles. The first kappa shape index (κ1) is 11.6. The Morgan fingerprint density at radius 1 is 1.22 bits per heavy atom. The van der Waals surface area contributed by atoms with E-state index in [2.05, 4.69) is 4.98 Å². The van der Waals surface area contributed by atoms with Gasteiger partial charge >= 0.3 is 0 Å². The van der Waals surface area contributed by atoms with E-state index in [-0.39, 0.29) is 6.29 Å². The Hall–Kier alpha value is -1.49. The molecule has 0 amide bonds. The number of benzene rings is 1. The molecule has 2 heterocycles. The Kier molecular flexibility index (Phi) is 3.23. The molecular formula is C14H15NO3. The maximum absolute atomic E-state index is 10.3. The summed E-state index contributed by atoms with van der Waals surface area (Å²) in [6, 6.07) is 7.90. The first-order chi connectivity index (χ1) is 8.84. The van der Waals surface area contributed by atoms with Crippen molar-refractivity contribution in [2.75, 3.05) is 13.2 Å². The Bertz CT molecular complexity index is 532. The molecule has 94 valence electrons. The fraction of sp³-hybridized carbons (Fsp3) is 0.357. The number of ether oxygens (including phenoxy) is 2. The van der Waals surface area contributed by atoms with E-state index in [1.165, 1.54) is 0 Å². The maximum atomic E-state index is 10.3. The first-order valence-corrected chi connectivity index (χ1v) is 6.08. The molecule has 2 aromatic rings. The van der Waals surface area contributed by atoms with E-state index in [1.807, 2.05) is 24.3 Å². The number of rotatable bonds is 3. The van der Waals surface area contributed by atoms with E-state index in [0.29, 0.717) is 19.6 Å². The van der Waals surface area contributed by atoms with Crippen molar-refractivity contribution < 1.29 is 14.6 Å². The second-order valence-corrected chi connectivity index (χ2v) is 4.37. The molecular weight excluding hydrogens is 230 g/mol. The summed E-state index contributed by atoms with van der Waals surface area (Å²) in [7, 11) is 0. The highest BCUT2D eigenvalue weighted by atomic mass is 16.7. The van der Waals surface area contributed by atoms with Gasteiger partial charge in [-0.2, -0.15) is 0 Å². The van der Waals surface area contributed by atoms with Gasteiger partial charge in [0.25, 0.3) is 0 Å². The molecule has 1 aliphatic heterocycles. The van der Waals surface area contributed by atoms with Gasteiger partial charge in [0.1, 0.15) is 0 Å². The van der Waals surface area contributed by atoms with Gasteiger partial charge in [-0.25, -0.2) is 0 Å². The van der Waals surface area contributed by atoms with Crippen LogP contribution in [-0.2, 0) is 9.47 Å². The van der Waals surface area contributed by atoms with Gasteiger partial charge in [0.05, 0.1) is 19.3 Å². The number of nitrogens with zero attached hydrogens (tertiary/aromatic N) is 1. The fourth-order valence-corrected chi connectivity index (χ4v) is 2.26. The van der Waals surface area contributed by atoms with E-state index < -0.39 is 6.10 Å². The van der Waals surface area contributed by atoms with Gasteiger partial charge in [0.2, 0.25) is 0 Å². The zero-order chi connectivity index (χ0) is 12.4. The first-order valence-electron chi connectivity index (χ1n) is 6.08. The topological polar surface area (TPSA) is 51.6 Å². The number of aromatic nitrogens is 1. The molecule has 1 aromatic heterocycles. The molecule has 4 heteroatoms. The maximum Gasteiger partial charge on any atom is 0.160 e. The summed E-state index contributed by atoms with van der Waals surface area (Å²) in [5.41, 5.74) is 0.826. The highest BCUT2D eigenvalue weighted by Crippen LogP contribution is 2.27. The number of aliphatic hydroxyl groups excluding tert-OH is 1. The van der Waals surface area contributed by atoms with E-state index in [0.717, 1.165) is 16.3 Å². The smallest absolute Gasteiger partial charge is 0.160 e. The van der Waals surface area contributed by atoms with Crippen LogP contribution in [0.3, 0.4) is 0 Å². The van der Waals surface area contributed by atoms with E-state index in [1.54, 1.807) is 12.4 Å². The minimum atomic E-state index is -0.619. The summed E-state index contributed by atoms with van der Waals surface area (Å²) in [4.78, 5) is 4.17. The molecule has 1 N–H and O–H groups in total. The Balaban J connectivity index is 1.88. The summed E-state index contributed by atoms with van der Waals surface area (Å²) in [5.74, 6) is 0. The zero-order valence-electron chi connectivity index (χ0n) is 9.95. The van der Waals surface area contributed by atoms with Crippen molar-refractivity contribution in [2.24, 2.45) is 0 Å². The van der Waals surface area contributed by atoms with Gasteiger partial charge < -0.3 is 14.6 Å². The minimum absolute atomic E-state index is 0.307. The average Bonchev–Trinajstić information content (AvgIpc) is 2.91. The monoisotopic (exact) mass is 245 g/mol. The third-order valence-corrected chi connectivity index (χ3v) is 3.16. The number of hydrogen-bond acceptors (Lipinski definition) is 4. The van der Waals surface area contributed by atoms with E-state index in [4.69, 9.17) is 9.47 Å². The lowest BCUT2D eigenvalue weighted by atomic mass is 10.0. The van der Waals surface area contributed by atoms with Crippen molar-refractivity contribution in [3.8, 4) is 0 Å². The van der Waals surface area contributed by atoms with Crippen LogP contribution in [0.25, 0.3) is 10.8 Å². The van der Waals surface area contributed by atoms with Gasteiger partial charge in [-0.3, -0.25) is 4.98 Å². The van der Waals surface area contributed by atoms with Crippen LogP contribution in [-0.4, -0.2) is 29.6 Å². The van der Waals surface area contributed by atoms with Crippen molar-refractivity contribution in [1.82, 2.24) is 4.98 Å². The lowest BCUT2D eigenvalue weighted by Crippen LogP contribution is -2.13. The van der Waals surface area contributed by atoms with Crippen LogP contribution in [0, 0.1) is 0 Å². The Labute approximate surface area is 105 Å². The van der Waals surface area contributed by atoms with Crippen LogP contribution < -0.4 is 0 Å². The van der Waals surface area contributed by atoms with Crippen molar-refractivity contribution in [2.45, 2.75) is 18.8 Å². The lowest BCUT2D eigenvalue weighted by Gasteiger charge is -2.16. The normalized spacial score (nSPS) is 18.3. The highest BCUT2D eigenvalue weighted by molar-refractivity contribution is 5.84. The number of hydrogen-bond donors (Lipinski definition) is 1. The molecule has 0 spiro atoms. The second kappa shape index (κ2) is 5.02. The summed E-state index contributed by atoms with van der Waals surface area (Å²) < 4.78 is 10.7. The third-order valence-electron chi connectivity index (χ3n) is 3.16. The number of pyridine rings is 1. The summed E-state index contributed by atoms with van der Waals surface area (Å²) in [6.45, 7) is 1.20. The number of fused-ring (bicyclic) bond motifs is 1. The van der Waals surface area contributed by atoms with Crippen LogP contribution >= 0.6 is 0 Å². The Morgan fingerprint density at radius 3 is 2.83 bits per heavy atom. The van der Waals surface area contributed by atoms with Gasteiger partial charge in [-0.05, 0) is 5.39 Å². The van der Waals surface area contributed by atoms with E-state index in [9.17, 15) is 5.11 Å². The van der Waals surface area contributed by atoms with Gasteiger partial charge in [-0.1, -0.05) is 24.3 Å². The molecule has 1 fully saturated rings. The van der Waals surface area contributed by atoms with Crippen LogP contribution in [0.5, 0.6) is 0 Å². The van der Waals surface area contributed by atoms with Crippen molar-refractivity contribution in [1.29, 1.82) is 0 Å². The second-order valence-electron chi connectivity index (χ2n) is 4.37. The molecule has 0 saturated carbocycles. The van der Waals surface area contributed by atoms with Gasteiger partial charge in [0.15, 0.2) is 6.29 Å². The van der Waals surface area contributed by atoms with Crippen molar-refractivity contribution in [3.05, 3.63) is 42.2 Å².